The molecule has 0 spiro atoms. The van der Waals surface area contributed by atoms with Crippen LogP contribution >= 0.6 is 15.9 Å². The van der Waals surface area contributed by atoms with E-state index in [0.717, 1.165) is 15.6 Å². The molecule has 0 bridgehead atoms. The zero-order valence-electron chi connectivity index (χ0n) is 16.3. The molecule has 3 rings (SSSR count). The second-order valence-corrected chi connectivity index (χ2v) is 9.15. The first kappa shape index (κ1) is 22.0. The van der Waals surface area contributed by atoms with Gasteiger partial charge in [-0.2, -0.15) is 0 Å². The Morgan fingerprint density at radius 3 is 2.30 bits per heavy atom. The zero-order valence-corrected chi connectivity index (χ0v) is 18.7. The summed E-state index contributed by atoms with van der Waals surface area (Å²) in [6.45, 7) is 0.0907. The van der Waals surface area contributed by atoms with Gasteiger partial charge >= 0.3 is 5.97 Å². The van der Waals surface area contributed by atoms with Crippen molar-refractivity contribution in [1.29, 1.82) is 0 Å². The highest BCUT2D eigenvalue weighted by Gasteiger charge is 2.25. The van der Waals surface area contributed by atoms with Gasteiger partial charge in [-0.3, -0.25) is 4.72 Å². The molecule has 0 saturated carbocycles. The minimum Gasteiger partial charge on any atom is -0.465 e. The highest BCUT2D eigenvalue weighted by molar-refractivity contribution is 9.10. The van der Waals surface area contributed by atoms with Gasteiger partial charge in [0.15, 0.2) is 6.54 Å². The maximum atomic E-state index is 12.9. The number of nitrogens with two attached hydrogens (primary N) is 1. The van der Waals surface area contributed by atoms with E-state index >= 15 is 0 Å². The Morgan fingerprint density at radius 1 is 1.03 bits per heavy atom. The number of esters is 1. The summed E-state index contributed by atoms with van der Waals surface area (Å²) in [6, 6.07) is 22.8. The molecule has 0 aliphatic rings. The van der Waals surface area contributed by atoms with E-state index in [0.29, 0.717) is 5.69 Å². The van der Waals surface area contributed by atoms with Crippen LogP contribution in [0.3, 0.4) is 0 Å². The van der Waals surface area contributed by atoms with Crippen molar-refractivity contribution in [2.24, 2.45) is 0 Å². The molecule has 0 aliphatic heterocycles. The topological polar surface area (TPSA) is 89.1 Å². The van der Waals surface area contributed by atoms with Crippen LogP contribution in [0.4, 0.5) is 5.69 Å². The molecule has 30 heavy (non-hydrogen) atoms. The maximum Gasteiger partial charge on any atom is 0.361 e. The minimum atomic E-state index is -3.77. The van der Waals surface area contributed by atoms with Crippen molar-refractivity contribution in [2.45, 2.75) is 10.9 Å². The molecular weight excluding hydrogens is 468 g/mol. The smallest absolute Gasteiger partial charge is 0.361 e. The van der Waals surface area contributed by atoms with Crippen molar-refractivity contribution in [3.8, 4) is 0 Å². The van der Waals surface area contributed by atoms with Crippen LogP contribution in [0.25, 0.3) is 0 Å². The molecule has 0 aliphatic carbocycles. The predicted molar refractivity (Wildman–Crippen MR) is 118 cm³/mol. The molecule has 0 heterocycles. The third-order valence-electron chi connectivity index (χ3n) is 4.55. The third-order valence-corrected chi connectivity index (χ3v) is 6.43. The first-order chi connectivity index (χ1) is 14.4. The van der Waals surface area contributed by atoms with Crippen LogP contribution in [0.15, 0.2) is 88.2 Å². The van der Waals surface area contributed by atoms with E-state index < -0.39 is 10.0 Å². The summed E-state index contributed by atoms with van der Waals surface area (Å²) in [5.41, 5.74) is 2.09. The number of halogens is 1. The Bertz CT molecular complexity index is 1110. The van der Waals surface area contributed by atoms with Gasteiger partial charge in [0, 0.05) is 15.6 Å². The Hall–Kier alpha value is -2.68. The summed E-state index contributed by atoms with van der Waals surface area (Å²) in [4.78, 5) is 11.9. The van der Waals surface area contributed by atoms with Crippen LogP contribution < -0.4 is 10.0 Å². The van der Waals surface area contributed by atoms with Gasteiger partial charge in [0.1, 0.15) is 6.04 Å². The molecule has 156 valence electrons. The number of carbonyl (C=O) groups excluding carboxylic acids is 1. The van der Waals surface area contributed by atoms with E-state index in [4.69, 9.17) is 4.74 Å². The lowest BCUT2D eigenvalue weighted by atomic mass is 9.97. The van der Waals surface area contributed by atoms with Crippen molar-refractivity contribution in [1.82, 2.24) is 0 Å². The fourth-order valence-electron chi connectivity index (χ4n) is 3.09. The molecular formula is C22H22BrN2O4S+. The largest absolute Gasteiger partial charge is 0.465 e. The number of benzene rings is 3. The van der Waals surface area contributed by atoms with Gasteiger partial charge in [0.2, 0.25) is 0 Å². The number of carbonyl (C=O) groups is 1. The van der Waals surface area contributed by atoms with E-state index in [2.05, 4.69) is 20.7 Å². The number of rotatable bonds is 8. The van der Waals surface area contributed by atoms with Crippen LogP contribution in [0.1, 0.15) is 17.2 Å². The van der Waals surface area contributed by atoms with Crippen LogP contribution in [-0.2, 0) is 19.6 Å². The van der Waals surface area contributed by atoms with Gasteiger partial charge < -0.3 is 10.1 Å². The fourth-order valence-corrected chi connectivity index (χ4v) is 4.58. The number of hydrogen-bond acceptors (Lipinski definition) is 4. The average Bonchev–Trinajstić information content (AvgIpc) is 2.76. The monoisotopic (exact) mass is 489 g/mol. The Labute approximate surface area is 184 Å². The van der Waals surface area contributed by atoms with E-state index in [-0.39, 0.29) is 23.5 Å². The van der Waals surface area contributed by atoms with Gasteiger partial charge in [-0.15, -0.1) is 0 Å². The number of hydrogen-bond donors (Lipinski definition) is 2. The van der Waals surface area contributed by atoms with Crippen molar-refractivity contribution in [3.05, 3.63) is 94.5 Å². The Kier molecular flexibility index (Phi) is 7.25. The number of sulfonamides is 1. The van der Waals surface area contributed by atoms with Crippen molar-refractivity contribution in [3.63, 3.8) is 0 Å². The van der Waals surface area contributed by atoms with Gasteiger partial charge in [-0.1, -0.05) is 64.5 Å². The first-order valence-electron chi connectivity index (χ1n) is 9.23. The first-order valence-corrected chi connectivity index (χ1v) is 11.5. The molecule has 0 aromatic heterocycles. The summed E-state index contributed by atoms with van der Waals surface area (Å²) >= 11 is 3.47. The van der Waals surface area contributed by atoms with Gasteiger partial charge in [0.25, 0.3) is 10.0 Å². The number of methoxy groups -OCH3 is 1. The second-order valence-electron chi connectivity index (χ2n) is 6.55. The summed E-state index contributed by atoms with van der Waals surface area (Å²) in [6.07, 6.45) is 0. The van der Waals surface area contributed by atoms with Crippen molar-refractivity contribution < 1.29 is 23.3 Å². The molecule has 3 aromatic rings. The lowest BCUT2D eigenvalue weighted by Gasteiger charge is -2.20. The molecule has 6 nitrogen and oxygen atoms in total. The van der Waals surface area contributed by atoms with Crippen molar-refractivity contribution in [2.75, 3.05) is 18.4 Å². The predicted octanol–water partition coefficient (Wildman–Crippen LogP) is 3.08. The lowest BCUT2D eigenvalue weighted by molar-refractivity contribution is -0.677. The zero-order chi connectivity index (χ0) is 21.6. The molecule has 0 fully saturated rings. The number of ether oxygens (including phenoxy) is 1. The van der Waals surface area contributed by atoms with Gasteiger partial charge in [0.05, 0.1) is 17.7 Å². The number of nitrogens with one attached hydrogen (secondary N) is 1. The Balaban J connectivity index is 2.03. The standard InChI is InChI=1S/C22H21BrN2O4S/c1-29-21(26)15-24-22(16-8-4-2-5-9-16)19-14-17(23)12-13-20(19)25-30(27,28)18-10-6-3-7-11-18/h2-14,22,24-25H,15H2,1H3/p+1/t22-/m1/s1. The second kappa shape index (κ2) is 9.88. The summed E-state index contributed by atoms with van der Waals surface area (Å²) in [7, 11) is -2.43. The minimum absolute atomic E-state index is 0.0907. The highest BCUT2D eigenvalue weighted by Crippen LogP contribution is 2.30. The normalized spacial score (nSPS) is 12.2. The van der Waals surface area contributed by atoms with Crippen LogP contribution in [0.5, 0.6) is 0 Å². The Morgan fingerprint density at radius 2 is 1.67 bits per heavy atom. The van der Waals surface area contributed by atoms with E-state index in [9.17, 15) is 13.2 Å². The molecule has 1 atom stereocenters. The quantitative estimate of drug-likeness (QED) is 0.475. The summed E-state index contributed by atoms with van der Waals surface area (Å²) in [5, 5.41) is 1.82. The number of anilines is 1. The highest BCUT2D eigenvalue weighted by atomic mass is 79.9. The molecule has 0 unspecified atom stereocenters. The van der Waals surface area contributed by atoms with Crippen LogP contribution in [0, 0.1) is 0 Å². The summed E-state index contributed by atoms with van der Waals surface area (Å²) < 4.78 is 34.1. The van der Waals surface area contributed by atoms with Crippen molar-refractivity contribution >= 4 is 37.6 Å². The molecule has 0 saturated heterocycles. The van der Waals surface area contributed by atoms with E-state index in [1.165, 1.54) is 7.11 Å². The SMILES string of the molecule is COC(=O)C[NH2+][C@H](c1ccccc1)c1cc(Br)ccc1NS(=O)(=O)c1ccccc1. The summed E-state index contributed by atoms with van der Waals surface area (Å²) in [5.74, 6) is -0.364. The van der Waals surface area contributed by atoms with Crippen LogP contribution in [-0.4, -0.2) is 28.0 Å². The fraction of sp³-hybridized carbons (Fsp3) is 0.136. The molecule has 0 amide bonds. The molecule has 8 heteroatoms. The lowest BCUT2D eigenvalue weighted by Crippen LogP contribution is -2.87. The number of quaternary nitrogens is 1. The van der Waals surface area contributed by atoms with Gasteiger partial charge in [-0.25, -0.2) is 13.2 Å². The van der Waals surface area contributed by atoms with E-state index in [1.54, 1.807) is 42.5 Å². The van der Waals surface area contributed by atoms with E-state index in [1.807, 2.05) is 41.7 Å². The molecule has 3 aromatic carbocycles. The molecule has 0 radical (unpaired) electrons. The van der Waals surface area contributed by atoms with Crippen LogP contribution in [0.2, 0.25) is 0 Å². The maximum absolute atomic E-state index is 12.9. The molecule has 3 N–H and O–H groups in total. The average molecular weight is 490 g/mol. The van der Waals surface area contributed by atoms with Gasteiger partial charge in [-0.05, 0) is 30.3 Å². The third kappa shape index (κ3) is 5.47.